The van der Waals surface area contributed by atoms with Crippen molar-refractivity contribution in [3.05, 3.63) is 35.4 Å². The maximum atomic E-state index is 13.5. The standard InChI is InChI=1S/C13H19F2N3/c14-12-2-1-11(13(15)9-12)10-18-7-5-17(4-3-16)6-8-18/h1-2,9H,3-8,10,16H2. The Morgan fingerprint density at radius 3 is 2.33 bits per heavy atom. The summed E-state index contributed by atoms with van der Waals surface area (Å²) in [6, 6.07) is 3.78. The van der Waals surface area contributed by atoms with Crippen molar-refractivity contribution in [1.29, 1.82) is 0 Å². The van der Waals surface area contributed by atoms with E-state index in [9.17, 15) is 8.78 Å². The molecule has 2 rings (SSSR count). The van der Waals surface area contributed by atoms with Gasteiger partial charge in [-0.1, -0.05) is 6.07 Å². The Bertz CT molecular complexity index is 390. The molecular formula is C13H19F2N3. The fourth-order valence-electron chi connectivity index (χ4n) is 2.24. The number of hydrogen-bond acceptors (Lipinski definition) is 3. The molecule has 1 aromatic carbocycles. The number of nitrogens with two attached hydrogens (primary N) is 1. The van der Waals surface area contributed by atoms with E-state index in [-0.39, 0.29) is 0 Å². The number of hydrogen-bond donors (Lipinski definition) is 1. The molecule has 0 aliphatic carbocycles. The van der Waals surface area contributed by atoms with Crippen LogP contribution >= 0.6 is 0 Å². The smallest absolute Gasteiger partial charge is 0.130 e. The minimum atomic E-state index is -0.524. The molecule has 0 aromatic heterocycles. The normalized spacial score (nSPS) is 18.2. The first kappa shape index (κ1) is 13.4. The van der Waals surface area contributed by atoms with Gasteiger partial charge in [-0.3, -0.25) is 9.80 Å². The van der Waals surface area contributed by atoms with Crippen LogP contribution in [0.3, 0.4) is 0 Å². The van der Waals surface area contributed by atoms with E-state index < -0.39 is 11.6 Å². The molecule has 1 aromatic rings. The zero-order valence-corrected chi connectivity index (χ0v) is 10.4. The molecule has 1 aliphatic rings. The Morgan fingerprint density at radius 2 is 1.72 bits per heavy atom. The molecule has 100 valence electrons. The number of halogens is 2. The summed E-state index contributed by atoms with van der Waals surface area (Å²) in [4.78, 5) is 4.49. The first-order valence-corrected chi connectivity index (χ1v) is 6.28. The van der Waals surface area contributed by atoms with Gasteiger partial charge >= 0.3 is 0 Å². The molecule has 1 aliphatic heterocycles. The lowest BCUT2D eigenvalue weighted by Crippen LogP contribution is -2.47. The Kier molecular flexibility index (Phi) is 4.63. The summed E-state index contributed by atoms with van der Waals surface area (Å²) < 4.78 is 26.3. The van der Waals surface area contributed by atoms with Crippen LogP contribution in [0.2, 0.25) is 0 Å². The van der Waals surface area contributed by atoms with Crippen molar-refractivity contribution in [2.45, 2.75) is 6.54 Å². The van der Waals surface area contributed by atoms with Crippen LogP contribution in [0.1, 0.15) is 5.56 Å². The SMILES string of the molecule is NCCN1CCN(Cc2ccc(F)cc2F)CC1. The van der Waals surface area contributed by atoms with Gasteiger partial charge in [-0.15, -0.1) is 0 Å². The lowest BCUT2D eigenvalue weighted by molar-refractivity contribution is 0.129. The van der Waals surface area contributed by atoms with Gasteiger partial charge in [0.25, 0.3) is 0 Å². The number of rotatable bonds is 4. The average molecular weight is 255 g/mol. The predicted octanol–water partition coefficient (Wildman–Crippen LogP) is 1.04. The van der Waals surface area contributed by atoms with Gasteiger partial charge in [-0.2, -0.15) is 0 Å². The first-order valence-electron chi connectivity index (χ1n) is 6.28. The third kappa shape index (κ3) is 3.48. The van der Waals surface area contributed by atoms with Gasteiger partial charge < -0.3 is 5.73 Å². The van der Waals surface area contributed by atoms with E-state index in [4.69, 9.17) is 5.73 Å². The zero-order valence-electron chi connectivity index (χ0n) is 10.4. The van der Waals surface area contributed by atoms with Crippen LogP contribution in [0.25, 0.3) is 0 Å². The molecule has 0 spiro atoms. The largest absolute Gasteiger partial charge is 0.329 e. The third-order valence-corrected chi connectivity index (χ3v) is 3.32. The molecule has 3 nitrogen and oxygen atoms in total. The van der Waals surface area contributed by atoms with Gasteiger partial charge in [0.05, 0.1) is 0 Å². The van der Waals surface area contributed by atoms with Gasteiger partial charge in [-0.25, -0.2) is 8.78 Å². The molecule has 0 saturated carbocycles. The van der Waals surface area contributed by atoms with E-state index in [0.29, 0.717) is 18.7 Å². The summed E-state index contributed by atoms with van der Waals surface area (Å²) >= 11 is 0. The van der Waals surface area contributed by atoms with Crippen LogP contribution in [0.4, 0.5) is 8.78 Å². The Hall–Kier alpha value is -1.04. The monoisotopic (exact) mass is 255 g/mol. The molecule has 0 unspecified atom stereocenters. The average Bonchev–Trinajstić information content (AvgIpc) is 2.35. The lowest BCUT2D eigenvalue weighted by Gasteiger charge is -2.34. The van der Waals surface area contributed by atoms with Crippen LogP contribution in [-0.4, -0.2) is 49.1 Å². The summed E-state index contributed by atoms with van der Waals surface area (Å²) in [6.07, 6.45) is 0. The highest BCUT2D eigenvalue weighted by molar-refractivity contribution is 5.18. The molecule has 0 bridgehead atoms. The van der Waals surface area contributed by atoms with Crippen molar-refractivity contribution in [2.75, 3.05) is 39.3 Å². The van der Waals surface area contributed by atoms with Crippen molar-refractivity contribution in [2.24, 2.45) is 5.73 Å². The van der Waals surface area contributed by atoms with Crippen molar-refractivity contribution >= 4 is 0 Å². The van der Waals surface area contributed by atoms with Crippen molar-refractivity contribution < 1.29 is 8.78 Å². The van der Waals surface area contributed by atoms with E-state index in [2.05, 4.69) is 9.80 Å². The molecule has 2 N–H and O–H groups in total. The van der Waals surface area contributed by atoms with E-state index in [1.807, 2.05) is 0 Å². The molecule has 18 heavy (non-hydrogen) atoms. The van der Waals surface area contributed by atoms with Gasteiger partial charge in [0, 0.05) is 57.4 Å². The Labute approximate surface area is 106 Å². The molecule has 0 atom stereocenters. The van der Waals surface area contributed by atoms with Gasteiger partial charge in [0.1, 0.15) is 11.6 Å². The molecule has 1 fully saturated rings. The summed E-state index contributed by atoms with van der Waals surface area (Å²) in [5, 5.41) is 0. The summed E-state index contributed by atoms with van der Waals surface area (Å²) in [5.41, 5.74) is 6.07. The zero-order chi connectivity index (χ0) is 13.0. The van der Waals surface area contributed by atoms with Crippen LogP contribution in [0, 0.1) is 11.6 Å². The van der Waals surface area contributed by atoms with Gasteiger partial charge in [0.2, 0.25) is 0 Å². The molecule has 0 amide bonds. The van der Waals surface area contributed by atoms with Gasteiger partial charge in [-0.05, 0) is 6.07 Å². The lowest BCUT2D eigenvalue weighted by atomic mass is 10.2. The molecule has 1 heterocycles. The second-order valence-electron chi connectivity index (χ2n) is 4.64. The molecular weight excluding hydrogens is 236 g/mol. The highest BCUT2D eigenvalue weighted by Crippen LogP contribution is 2.13. The van der Waals surface area contributed by atoms with Crippen LogP contribution in [0.5, 0.6) is 0 Å². The number of benzene rings is 1. The molecule has 5 heteroatoms. The Balaban J connectivity index is 1.87. The molecule has 0 radical (unpaired) electrons. The van der Waals surface area contributed by atoms with Crippen molar-refractivity contribution in [3.8, 4) is 0 Å². The maximum Gasteiger partial charge on any atom is 0.130 e. The van der Waals surface area contributed by atoms with E-state index in [0.717, 1.165) is 38.8 Å². The summed E-state index contributed by atoms with van der Waals surface area (Å²) in [5.74, 6) is -0.983. The number of piperazine rings is 1. The van der Waals surface area contributed by atoms with Crippen LogP contribution in [-0.2, 0) is 6.54 Å². The fraction of sp³-hybridized carbons (Fsp3) is 0.538. The van der Waals surface area contributed by atoms with Crippen molar-refractivity contribution in [3.63, 3.8) is 0 Å². The first-order chi connectivity index (χ1) is 8.69. The minimum Gasteiger partial charge on any atom is -0.329 e. The molecule has 1 saturated heterocycles. The van der Waals surface area contributed by atoms with Gasteiger partial charge in [0.15, 0.2) is 0 Å². The van der Waals surface area contributed by atoms with Crippen molar-refractivity contribution in [1.82, 2.24) is 9.80 Å². The highest BCUT2D eigenvalue weighted by Gasteiger charge is 2.17. The quantitative estimate of drug-likeness (QED) is 0.872. The highest BCUT2D eigenvalue weighted by atomic mass is 19.1. The van der Waals surface area contributed by atoms with Crippen LogP contribution < -0.4 is 5.73 Å². The Morgan fingerprint density at radius 1 is 1.06 bits per heavy atom. The second kappa shape index (κ2) is 6.22. The predicted molar refractivity (Wildman–Crippen MR) is 67.1 cm³/mol. The summed E-state index contributed by atoms with van der Waals surface area (Å²) in [7, 11) is 0. The second-order valence-corrected chi connectivity index (χ2v) is 4.64. The maximum absolute atomic E-state index is 13.5. The fourth-order valence-corrected chi connectivity index (χ4v) is 2.24. The topological polar surface area (TPSA) is 32.5 Å². The van der Waals surface area contributed by atoms with E-state index >= 15 is 0 Å². The minimum absolute atomic E-state index is 0.459. The van der Waals surface area contributed by atoms with E-state index in [1.165, 1.54) is 12.1 Å². The van der Waals surface area contributed by atoms with E-state index in [1.54, 1.807) is 0 Å². The summed E-state index contributed by atoms with van der Waals surface area (Å²) in [6.45, 7) is 5.85. The third-order valence-electron chi connectivity index (χ3n) is 3.32. The number of nitrogens with zero attached hydrogens (tertiary/aromatic N) is 2. The van der Waals surface area contributed by atoms with Crippen LogP contribution in [0.15, 0.2) is 18.2 Å².